The van der Waals surface area contributed by atoms with Crippen LogP contribution in [-0.2, 0) is 17.3 Å². The number of nitrogens with zero attached hydrogens (tertiary/aromatic N) is 1. The van der Waals surface area contributed by atoms with Crippen molar-refractivity contribution >= 4 is 22.4 Å². The first-order valence-electron chi connectivity index (χ1n) is 4.81. The normalized spacial score (nSPS) is 12.7. The minimum absolute atomic E-state index is 0.0582. The molecule has 1 aromatic rings. The molecule has 16 heavy (non-hydrogen) atoms. The maximum Gasteiger partial charge on any atom is 0.329 e. The van der Waals surface area contributed by atoms with E-state index < -0.39 is 22.0 Å². The first-order valence-corrected chi connectivity index (χ1v) is 6.68. The lowest BCUT2D eigenvalue weighted by Gasteiger charge is -2.05. The van der Waals surface area contributed by atoms with Gasteiger partial charge in [0.05, 0.1) is 0 Å². The second-order valence-corrected chi connectivity index (χ2v) is 5.50. The van der Waals surface area contributed by atoms with Gasteiger partial charge in [-0.3, -0.25) is 18.6 Å². The molecule has 0 saturated carbocycles. The van der Waals surface area contributed by atoms with Gasteiger partial charge >= 0.3 is 5.69 Å². The van der Waals surface area contributed by atoms with Gasteiger partial charge in [-0.05, 0) is 6.92 Å². The molecule has 0 aliphatic rings. The highest BCUT2D eigenvalue weighted by atomic mass is 35.5. The molecule has 0 aromatic carbocycles. The molecule has 1 aromatic heterocycles. The standard InChI is InChI=1S/C9H13ClN2O3S/c1-3-16(15)5-4-12-8(13)6(2)7(10)11-9(12)14/h3-5H2,1-2H3,(H,11,14). The molecule has 0 spiro atoms. The van der Waals surface area contributed by atoms with Gasteiger partial charge in [0.1, 0.15) is 5.15 Å². The van der Waals surface area contributed by atoms with E-state index in [4.69, 9.17) is 11.6 Å². The Labute approximate surface area is 99.9 Å². The summed E-state index contributed by atoms with van der Waals surface area (Å²) in [7, 11) is -1.00. The molecule has 5 nitrogen and oxygen atoms in total. The summed E-state index contributed by atoms with van der Waals surface area (Å²) < 4.78 is 12.2. The molecule has 7 heteroatoms. The van der Waals surface area contributed by atoms with Crippen LogP contribution in [0.2, 0.25) is 5.15 Å². The topological polar surface area (TPSA) is 71.9 Å². The van der Waals surface area contributed by atoms with Crippen molar-refractivity contribution in [1.29, 1.82) is 0 Å². The SMILES string of the molecule is CCS(=O)CCn1c(=O)[nH]c(Cl)c(C)c1=O. The first kappa shape index (κ1) is 13.2. The molecule has 90 valence electrons. The molecule has 0 fully saturated rings. The summed E-state index contributed by atoms with van der Waals surface area (Å²) in [4.78, 5) is 25.5. The minimum Gasteiger partial charge on any atom is -0.297 e. The Morgan fingerprint density at radius 3 is 2.62 bits per heavy atom. The summed E-state index contributed by atoms with van der Waals surface area (Å²) in [5.74, 6) is 0.805. The maximum atomic E-state index is 11.7. The largest absolute Gasteiger partial charge is 0.329 e. The molecule has 0 bridgehead atoms. The van der Waals surface area contributed by atoms with Gasteiger partial charge in [0.25, 0.3) is 5.56 Å². The second kappa shape index (κ2) is 5.45. The summed E-state index contributed by atoms with van der Waals surface area (Å²) in [6, 6.07) is 0. The van der Waals surface area contributed by atoms with Crippen molar-refractivity contribution in [2.75, 3.05) is 11.5 Å². The van der Waals surface area contributed by atoms with E-state index in [9.17, 15) is 13.8 Å². The fraction of sp³-hybridized carbons (Fsp3) is 0.556. The van der Waals surface area contributed by atoms with Crippen LogP contribution in [0.5, 0.6) is 0 Å². The molecule has 1 heterocycles. The van der Waals surface area contributed by atoms with Gasteiger partial charge in [0, 0.05) is 34.4 Å². The Bertz CT molecular complexity index is 520. The van der Waals surface area contributed by atoms with Gasteiger partial charge in [-0.15, -0.1) is 0 Å². The number of halogens is 1. The Kier molecular flexibility index (Phi) is 4.49. The molecular formula is C9H13ClN2O3S. The van der Waals surface area contributed by atoms with E-state index in [0.29, 0.717) is 17.1 Å². The number of H-pyrrole nitrogens is 1. The van der Waals surface area contributed by atoms with Gasteiger partial charge < -0.3 is 0 Å². The second-order valence-electron chi connectivity index (χ2n) is 3.26. The lowest BCUT2D eigenvalue weighted by molar-refractivity contribution is 0.649. The van der Waals surface area contributed by atoms with Gasteiger partial charge in [-0.2, -0.15) is 0 Å². The van der Waals surface area contributed by atoms with Gasteiger partial charge in [0.15, 0.2) is 0 Å². The van der Waals surface area contributed by atoms with Crippen molar-refractivity contribution in [3.8, 4) is 0 Å². The Balaban J connectivity index is 3.06. The highest BCUT2D eigenvalue weighted by Crippen LogP contribution is 2.02. The summed E-state index contributed by atoms with van der Waals surface area (Å²) >= 11 is 5.65. The summed E-state index contributed by atoms with van der Waals surface area (Å²) in [5.41, 5.74) is -0.695. The zero-order chi connectivity index (χ0) is 12.3. The summed E-state index contributed by atoms with van der Waals surface area (Å²) in [5, 5.41) is 0.0582. The van der Waals surface area contributed by atoms with E-state index in [2.05, 4.69) is 4.98 Å². The first-order chi connectivity index (χ1) is 7.47. The maximum absolute atomic E-state index is 11.7. The summed E-state index contributed by atoms with van der Waals surface area (Å²) in [6.07, 6.45) is 0. The van der Waals surface area contributed by atoms with E-state index in [0.717, 1.165) is 4.57 Å². The lowest BCUT2D eigenvalue weighted by atomic mass is 10.4. The fourth-order valence-corrected chi connectivity index (χ4v) is 2.02. The number of nitrogens with one attached hydrogen (secondary N) is 1. The number of hydrogen-bond acceptors (Lipinski definition) is 3. The van der Waals surface area contributed by atoms with Crippen molar-refractivity contribution in [1.82, 2.24) is 9.55 Å². The highest BCUT2D eigenvalue weighted by molar-refractivity contribution is 7.84. The molecule has 1 rings (SSSR count). The average molecular weight is 265 g/mol. The van der Waals surface area contributed by atoms with Gasteiger partial charge in [0.2, 0.25) is 0 Å². The van der Waals surface area contributed by atoms with Crippen LogP contribution in [0.1, 0.15) is 12.5 Å². The van der Waals surface area contributed by atoms with Gasteiger partial charge in [-0.1, -0.05) is 18.5 Å². The fourth-order valence-electron chi connectivity index (χ4n) is 1.18. The zero-order valence-electron chi connectivity index (χ0n) is 9.08. The van der Waals surface area contributed by atoms with Crippen molar-refractivity contribution in [2.24, 2.45) is 0 Å². The molecule has 0 saturated heterocycles. The minimum atomic E-state index is -1.00. The third kappa shape index (κ3) is 2.82. The van der Waals surface area contributed by atoms with Crippen LogP contribution in [0.4, 0.5) is 0 Å². The smallest absolute Gasteiger partial charge is 0.297 e. The van der Waals surface area contributed by atoms with Crippen molar-refractivity contribution in [2.45, 2.75) is 20.4 Å². The van der Waals surface area contributed by atoms with Crippen LogP contribution >= 0.6 is 11.6 Å². The van der Waals surface area contributed by atoms with Crippen LogP contribution in [0, 0.1) is 6.92 Å². The molecule has 1 atom stereocenters. The lowest BCUT2D eigenvalue weighted by Crippen LogP contribution is -2.37. The zero-order valence-corrected chi connectivity index (χ0v) is 10.7. The predicted molar refractivity (Wildman–Crippen MR) is 64.6 cm³/mol. The van der Waals surface area contributed by atoms with Crippen molar-refractivity contribution in [3.05, 3.63) is 31.6 Å². The quantitative estimate of drug-likeness (QED) is 0.794. The molecule has 0 amide bonds. The number of aromatic amines is 1. The molecule has 1 unspecified atom stereocenters. The number of hydrogen-bond donors (Lipinski definition) is 1. The molecular weight excluding hydrogens is 252 g/mol. The monoisotopic (exact) mass is 264 g/mol. The third-order valence-corrected chi connectivity index (χ3v) is 3.88. The Morgan fingerprint density at radius 2 is 2.06 bits per heavy atom. The van der Waals surface area contributed by atoms with E-state index in [1.54, 1.807) is 6.92 Å². The van der Waals surface area contributed by atoms with Crippen LogP contribution in [0.3, 0.4) is 0 Å². The number of aromatic nitrogens is 2. The number of rotatable bonds is 4. The molecule has 0 aliphatic heterocycles. The van der Waals surface area contributed by atoms with Crippen LogP contribution in [0.15, 0.2) is 9.59 Å². The van der Waals surface area contributed by atoms with Crippen LogP contribution < -0.4 is 11.2 Å². The van der Waals surface area contributed by atoms with E-state index in [-0.39, 0.29) is 11.7 Å². The van der Waals surface area contributed by atoms with Gasteiger partial charge in [-0.25, -0.2) is 4.79 Å². The third-order valence-electron chi connectivity index (χ3n) is 2.22. The highest BCUT2D eigenvalue weighted by Gasteiger charge is 2.09. The van der Waals surface area contributed by atoms with Crippen LogP contribution in [0.25, 0.3) is 0 Å². The Hall–Kier alpha value is -0.880. The van der Waals surface area contributed by atoms with E-state index in [1.165, 1.54) is 6.92 Å². The Morgan fingerprint density at radius 1 is 1.44 bits per heavy atom. The summed E-state index contributed by atoms with van der Waals surface area (Å²) in [6.45, 7) is 3.47. The average Bonchev–Trinajstić information content (AvgIpc) is 2.25. The van der Waals surface area contributed by atoms with Crippen LogP contribution in [-0.4, -0.2) is 25.3 Å². The van der Waals surface area contributed by atoms with Crippen molar-refractivity contribution in [3.63, 3.8) is 0 Å². The molecule has 0 aliphatic carbocycles. The molecule has 1 N–H and O–H groups in total. The van der Waals surface area contributed by atoms with E-state index >= 15 is 0 Å². The predicted octanol–water partition coefficient (Wildman–Crippen LogP) is 0.267. The molecule has 0 radical (unpaired) electrons. The van der Waals surface area contributed by atoms with E-state index in [1.807, 2.05) is 0 Å². The van der Waals surface area contributed by atoms with Crippen molar-refractivity contribution < 1.29 is 4.21 Å².